The third kappa shape index (κ3) is 13.3. The average Bonchev–Trinajstić information content (AvgIpc) is 3.55. The zero-order valence-electron chi connectivity index (χ0n) is 30.3. The van der Waals surface area contributed by atoms with Crippen LogP contribution in [0.15, 0.2) is 48.5 Å². The first-order valence-electron chi connectivity index (χ1n) is 19.6. The van der Waals surface area contributed by atoms with Crippen molar-refractivity contribution < 1.29 is 19.1 Å². The first kappa shape index (κ1) is 38.1. The Bertz CT molecular complexity index is 1070. The molecule has 6 heteroatoms. The lowest BCUT2D eigenvalue weighted by Crippen LogP contribution is -2.37. The van der Waals surface area contributed by atoms with Crippen LogP contribution in [0.4, 0.5) is 0 Å². The minimum atomic E-state index is -0.141. The Morgan fingerprint density at radius 3 is 1.23 bits per heavy atom. The van der Waals surface area contributed by atoms with Gasteiger partial charge in [0.25, 0.3) is 0 Å². The second kappa shape index (κ2) is 22.1. The largest absolute Gasteiger partial charge is 0.494 e. The fraction of sp³-hybridized carbons (Fsp3) is 0.667. The summed E-state index contributed by atoms with van der Waals surface area (Å²) in [6, 6.07) is 15.6. The molecule has 2 heterocycles. The van der Waals surface area contributed by atoms with Crippen molar-refractivity contribution in [3.05, 3.63) is 59.7 Å². The second-order valence-electron chi connectivity index (χ2n) is 14.3. The van der Waals surface area contributed by atoms with Gasteiger partial charge in [0.15, 0.2) is 11.6 Å². The van der Waals surface area contributed by atoms with Crippen molar-refractivity contribution in [2.75, 3.05) is 52.5 Å². The molecule has 2 aromatic rings. The number of nitrogens with zero attached hydrogens (tertiary/aromatic N) is 2. The van der Waals surface area contributed by atoms with Crippen LogP contribution in [0.3, 0.4) is 0 Å². The highest BCUT2D eigenvalue weighted by Crippen LogP contribution is 2.26. The molecule has 48 heavy (non-hydrogen) atoms. The number of ketones is 2. The van der Waals surface area contributed by atoms with E-state index in [4.69, 9.17) is 9.47 Å². The Morgan fingerprint density at radius 1 is 0.542 bits per heavy atom. The van der Waals surface area contributed by atoms with Gasteiger partial charge in [0.2, 0.25) is 0 Å². The first-order chi connectivity index (χ1) is 23.6. The van der Waals surface area contributed by atoms with E-state index in [1.165, 1.54) is 64.2 Å². The van der Waals surface area contributed by atoms with Crippen molar-refractivity contribution in [3.8, 4) is 11.5 Å². The van der Waals surface area contributed by atoms with E-state index in [-0.39, 0.29) is 23.4 Å². The molecule has 0 unspecified atom stereocenters. The van der Waals surface area contributed by atoms with E-state index in [2.05, 4.69) is 23.6 Å². The highest BCUT2D eigenvalue weighted by Gasteiger charge is 2.29. The van der Waals surface area contributed by atoms with E-state index < -0.39 is 0 Å². The van der Waals surface area contributed by atoms with Gasteiger partial charge in [-0.05, 0) is 126 Å². The van der Waals surface area contributed by atoms with E-state index in [0.717, 1.165) is 87.6 Å². The predicted octanol–water partition coefficient (Wildman–Crippen LogP) is 9.65. The number of likely N-dealkylation sites (tertiary alicyclic amines) is 2. The Kier molecular flexibility index (Phi) is 17.5. The van der Waals surface area contributed by atoms with Crippen molar-refractivity contribution >= 4 is 11.6 Å². The van der Waals surface area contributed by atoms with Crippen LogP contribution in [0, 0.1) is 11.8 Å². The highest BCUT2D eigenvalue weighted by atomic mass is 16.5. The Morgan fingerprint density at radius 2 is 0.896 bits per heavy atom. The van der Waals surface area contributed by atoms with Crippen LogP contribution in [0.2, 0.25) is 0 Å². The van der Waals surface area contributed by atoms with Gasteiger partial charge in [0.05, 0.1) is 13.2 Å². The van der Waals surface area contributed by atoms with Crippen LogP contribution in [-0.4, -0.2) is 73.8 Å². The number of unbranched alkanes of at least 4 members (excludes halogenated alkanes) is 4. The molecule has 6 nitrogen and oxygen atoms in total. The standard InChI is InChI=1S/C42H64N2O4/c1-3-5-15-31-47-39-23-19-35(20-24-39)41(45)37(33-43-27-11-7-8-12-28-43)17-18-38(34-44-29-13-9-10-14-30-44)42(46)36-21-25-40(26-22-36)48-32-16-6-4-2/h19-26,37-38H,3-18,27-34H2,1-2H3/t37-,38-/m0/s1. The average molecular weight is 661 g/mol. The molecule has 2 saturated heterocycles. The van der Waals surface area contributed by atoms with E-state index in [1.54, 1.807) is 0 Å². The van der Waals surface area contributed by atoms with E-state index in [9.17, 15) is 9.59 Å². The number of carbonyl (C=O) groups is 2. The van der Waals surface area contributed by atoms with E-state index >= 15 is 0 Å². The minimum absolute atomic E-state index is 0.141. The maximum atomic E-state index is 14.2. The number of hydrogen-bond acceptors (Lipinski definition) is 6. The zero-order valence-corrected chi connectivity index (χ0v) is 30.3. The van der Waals surface area contributed by atoms with Crippen molar-refractivity contribution in [2.45, 2.75) is 117 Å². The summed E-state index contributed by atoms with van der Waals surface area (Å²) >= 11 is 0. The first-order valence-corrected chi connectivity index (χ1v) is 19.6. The smallest absolute Gasteiger partial charge is 0.167 e. The van der Waals surface area contributed by atoms with Crippen molar-refractivity contribution in [2.24, 2.45) is 11.8 Å². The topological polar surface area (TPSA) is 59.1 Å². The molecule has 4 rings (SSSR count). The molecule has 0 aliphatic carbocycles. The number of carbonyl (C=O) groups excluding carboxylic acids is 2. The molecule has 2 fully saturated rings. The zero-order chi connectivity index (χ0) is 33.8. The SMILES string of the molecule is CCCCCOc1ccc(C(=O)[C@@H](CC[C@@H](CN2CCCCCC2)C(=O)c2ccc(OCCCCC)cc2)CN2CCCCCC2)cc1. The Balaban J connectivity index is 1.48. The van der Waals surface area contributed by atoms with Gasteiger partial charge in [0.1, 0.15) is 11.5 Å². The molecule has 2 aliphatic rings. The van der Waals surface area contributed by atoms with Gasteiger partial charge in [-0.1, -0.05) is 65.2 Å². The van der Waals surface area contributed by atoms with Gasteiger partial charge in [-0.3, -0.25) is 9.59 Å². The Hall–Kier alpha value is -2.70. The van der Waals surface area contributed by atoms with Gasteiger partial charge in [-0.25, -0.2) is 0 Å². The van der Waals surface area contributed by atoms with Crippen molar-refractivity contribution in [1.82, 2.24) is 9.80 Å². The summed E-state index contributed by atoms with van der Waals surface area (Å²) in [4.78, 5) is 33.4. The van der Waals surface area contributed by atoms with Crippen LogP contribution < -0.4 is 9.47 Å². The second-order valence-corrected chi connectivity index (χ2v) is 14.3. The molecule has 0 saturated carbocycles. The Labute approximate surface area is 291 Å². The van der Waals surface area contributed by atoms with Gasteiger partial charge in [0, 0.05) is 36.1 Å². The molecular formula is C42H64N2O4. The van der Waals surface area contributed by atoms with E-state index in [0.29, 0.717) is 26.1 Å². The molecule has 2 atom stereocenters. The molecule has 0 radical (unpaired) electrons. The summed E-state index contributed by atoms with van der Waals surface area (Å²) in [5, 5.41) is 0. The number of rotatable bonds is 21. The van der Waals surface area contributed by atoms with Gasteiger partial charge >= 0.3 is 0 Å². The molecule has 266 valence electrons. The quantitative estimate of drug-likeness (QED) is 0.0982. The highest BCUT2D eigenvalue weighted by molar-refractivity contribution is 5.99. The normalized spacial score (nSPS) is 17.6. The number of Topliss-reactive ketones (excluding diaryl/α,β-unsaturated/α-hetero) is 2. The summed E-state index contributed by atoms with van der Waals surface area (Å²) in [6.07, 6.45) is 18.0. The maximum absolute atomic E-state index is 14.2. The maximum Gasteiger partial charge on any atom is 0.167 e. The molecule has 0 aromatic heterocycles. The number of hydrogen-bond donors (Lipinski definition) is 0. The lowest BCUT2D eigenvalue weighted by Gasteiger charge is -2.29. The van der Waals surface area contributed by atoms with Crippen LogP contribution in [0.1, 0.15) is 137 Å². The van der Waals surface area contributed by atoms with Crippen LogP contribution >= 0.6 is 0 Å². The van der Waals surface area contributed by atoms with Crippen molar-refractivity contribution in [1.29, 1.82) is 0 Å². The fourth-order valence-corrected chi connectivity index (χ4v) is 7.26. The van der Waals surface area contributed by atoms with Gasteiger partial charge in [-0.15, -0.1) is 0 Å². The summed E-state index contributed by atoms with van der Waals surface area (Å²) in [5.41, 5.74) is 1.50. The third-order valence-electron chi connectivity index (χ3n) is 10.3. The fourth-order valence-electron chi connectivity index (χ4n) is 7.26. The summed E-state index contributed by atoms with van der Waals surface area (Å²) < 4.78 is 11.9. The summed E-state index contributed by atoms with van der Waals surface area (Å²) in [6.45, 7) is 11.5. The monoisotopic (exact) mass is 660 g/mol. The van der Waals surface area contributed by atoms with Crippen LogP contribution in [-0.2, 0) is 0 Å². The molecule has 0 amide bonds. The van der Waals surface area contributed by atoms with Crippen LogP contribution in [0.25, 0.3) is 0 Å². The lowest BCUT2D eigenvalue weighted by molar-refractivity contribution is 0.0810. The molecule has 0 spiro atoms. The molecule has 2 aromatic carbocycles. The predicted molar refractivity (Wildman–Crippen MR) is 198 cm³/mol. The lowest BCUT2D eigenvalue weighted by atomic mass is 9.86. The molecule has 0 bridgehead atoms. The summed E-state index contributed by atoms with van der Waals surface area (Å²) in [7, 11) is 0. The number of ether oxygens (including phenoxy) is 2. The van der Waals surface area contributed by atoms with Gasteiger partial charge < -0.3 is 19.3 Å². The molecule has 0 N–H and O–H groups in total. The van der Waals surface area contributed by atoms with Crippen molar-refractivity contribution in [3.63, 3.8) is 0 Å². The molecular weight excluding hydrogens is 596 g/mol. The van der Waals surface area contributed by atoms with Gasteiger partial charge in [-0.2, -0.15) is 0 Å². The van der Waals surface area contributed by atoms with E-state index in [1.807, 2.05) is 48.5 Å². The number of benzene rings is 2. The van der Waals surface area contributed by atoms with Crippen LogP contribution in [0.5, 0.6) is 11.5 Å². The minimum Gasteiger partial charge on any atom is -0.494 e. The molecule has 2 aliphatic heterocycles. The summed E-state index contributed by atoms with van der Waals surface area (Å²) in [5.74, 6) is 1.76. The third-order valence-corrected chi connectivity index (χ3v) is 10.3.